The predicted octanol–water partition coefficient (Wildman–Crippen LogP) is 3.31. The van der Waals surface area contributed by atoms with Crippen LogP contribution in [0, 0.1) is 0 Å². The summed E-state index contributed by atoms with van der Waals surface area (Å²) in [5.74, 6) is 0.123. The molecule has 0 spiro atoms. The van der Waals surface area contributed by atoms with Crippen molar-refractivity contribution >= 4 is 21.8 Å². The average Bonchev–Trinajstić information content (AvgIpc) is 2.85. The number of amides is 1. The first-order chi connectivity index (χ1) is 9.15. The molecular formula is C15H12BrNO2. The molecule has 1 amide bonds. The Morgan fingerprint density at radius 3 is 2.32 bits per heavy atom. The van der Waals surface area contributed by atoms with E-state index in [-0.39, 0.29) is 11.7 Å². The van der Waals surface area contributed by atoms with Crippen molar-refractivity contribution in [3.05, 3.63) is 63.6 Å². The number of phenols is 1. The lowest BCUT2D eigenvalue weighted by Crippen LogP contribution is -2.25. The van der Waals surface area contributed by atoms with Gasteiger partial charge in [0.1, 0.15) is 5.75 Å². The van der Waals surface area contributed by atoms with Crippen molar-refractivity contribution in [1.29, 1.82) is 0 Å². The summed E-state index contributed by atoms with van der Waals surface area (Å²) in [6, 6.07) is 12.9. The maximum Gasteiger partial charge on any atom is 0.254 e. The average molecular weight is 318 g/mol. The van der Waals surface area contributed by atoms with Gasteiger partial charge in [-0.2, -0.15) is 0 Å². The van der Waals surface area contributed by atoms with E-state index in [1.165, 1.54) is 17.2 Å². The highest BCUT2D eigenvalue weighted by Gasteiger charge is 2.24. The fraction of sp³-hybridized carbons (Fsp3) is 0.133. The van der Waals surface area contributed by atoms with E-state index in [1.54, 1.807) is 12.1 Å². The van der Waals surface area contributed by atoms with Gasteiger partial charge in [-0.15, -0.1) is 0 Å². The van der Waals surface area contributed by atoms with E-state index in [0.717, 1.165) is 0 Å². The van der Waals surface area contributed by atoms with Gasteiger partial charge in [0.25, 0.3) is 5.91 Å². The van der Waals surface area contributed by atoms with Crippen molar-refractivity contribution in [3.8, 4) is 5.75 Å². The number of aromatic hydroxyl groups is 1. The number of benzene rings is 2. The van der Waals surface area contributed by atoms with Crippen LogP contribution in [-0.2, 0) is 13.1 Å². The largest absolute Gasteiger partial charge is 0.507 e. The minimum Gasteiger partial charge on any atom is -0.507 e. The van der Waals surface area contributed by atoms with Crippen LogP contribution < -0.4 is 0 Å². The van der Waals surface area contributed by atoms with Crippen LogP contribution in [0.2, 0.25) is 0 Å². The third-order valence-corrected chi connectivity index (χ3v) is 3.96. The Labute approximate surface area is 119 Å². The van der Waals surface area contributed by atoms with Crippen molar-refractivity contribution in [2.45, 2.75) is 13.1 Å². The second kappa shape index (κ2) is 4.70. The van der Waals surface area contributed by atoms with E-state index in [2.05, 4.69) is 28.1 Å². The van der Waals surface area contributed by atoms with Crippen LogP contribution in [0.3, 0.4) is 0 Å². The molecule has 0 atom stereocenters. The fourth-order valence-electron chi connectivity index (χ4n) is 2.30. The van der Waals surface area contributed by atoms with Gasteiger partial charge in [0.15, 0.2) is 0 Å². The zero-order valence-electron chi connectivity index (χ0n) is 10.1. The lowest BCUT2D eigenvalue weighted by Gasteiger charge is -2.15. The molecule has 4 heteroatoms. The Hall–Kier alpha value is -1.81. The fourth-order valence-corrected chi connectivity index (χ4v) is 2.68. The summed E-state index contributed by atoms with van der Waals surface area (Å²) in [5.41, 5.74) is 2.99. The maximum absolute atomic E-state index is 12.4. The molecule has 0 aliphatic carbocycles. The molecule has 0 bridgehead atoms. The number of fused-ring (bicyclic) bond motifs is 1. The topological polar surface area (TPSA) is 40.5 Å². The van der Waals surface area contributed by atoms with Gasteiger partial charge in [-0.1, -0.05) is 24.3 Å². The summed E-state index contributed by atoms with van der Waals surface area (Å²) < 4.78 is 0.537. The highest BCUT2D eigenvalue weighted by atomic mass is 79.9. The molecule has 3 nitrogen and oxygen atoms in total. The van der Waals surface area contributed by atoms with Crippen molar-refractivity contribution in [1.82, 2.24) is 4.90 Å². The van der Waals surface area contributed by atoms with Gasteiger partial charge in [0.05, 0.1) is 4.47 Å². The van der Waals surface area contributed by atoms with Gasteiger partial charge >= 0.3 is 0 Å². The number of rotatable bonds is 1. The van der Waals surface area contributed by atoms with Crippen LogP contribution in [0.15, 0.2) is 46.9 Å². The molecule has 1 heterocycles. The summed E-state index contributed by atoms with van der Waals surface area (Å²) >= 11 is 3.23. The van der Waals surface area contributed by atoms with Gasteiger partial charge < -0.3 is 10.0 Å². The van der Waals surface area contributed by atoms with Crippen molar-refractivity contribution in [2.75, 3.05) is 0 Å². The van der Waals surface area contributed by atoms with Crippen LogP contribution in [0.4, 0.5) is 0 Å². The Morgan fingerprint density at radius 2 is 1.74 bits per heavy atom. The second-order valence-corrected chi connectivity index (χ2v) is 5.45. The minimum absolute atomic E-state index is 0.0168. The maximum atomic E-state index is 12.4. The van der Waals surface area contributed by atoms with Gasteiger partial charge in [-0.05, 0) is 45.3 Å². The molecule has 0 fully saturated rings. The molecule has 96 valence electrons. The number of nitrogens with zero attached hydrogens (tertiary/aromatic N) is 1. The number of halogens is 1. The third kappa shape index (κ3) is 2.24. The van der Waals surface area contributed by atoms with Crippen molar-refractivity contribution in [3.63, 3.8) is 0 Å². The molecule has 0 radical (unpaired) electrons. The third-order valence-electron chi connectivity index (χ3n) is 3.32. The number of phenolic OH excluding ortho intramolecular Hbond substituents is 1. The van der Waals surface area contributed by atoms with E-state index in [1.807, 2.05) is 17.0 Å². The van der Waals surface area contributed by atoms with Gasteiger partial charge in [-0.25, -0.2) is 0 Å². The van der Waals surface area contributed by atoms with Crippen LogP contribution >= 0.6 is 15.9 Å². The molecule has 1 aliphatic rings. The van der Waals surface area contributed by atoms with Gasteiger partial charge in [0, 0.05) is 18.7 Å². The van der Waals surface area contributed by atoms with Crippen LogP contribution in [0.25, 0.3) is 0 Å². The van der Waals surface area contributed by atoms with E-state index < -0.39 is 0 Å². The first kappa shape index (κ1) is 12.2. The molecular weight excluding hydrogens is 306 g/mol. The first-order valence-corrected chi connectivity index (χ1v) is 6.79. The molecule has 1 N–H and O–H groups in total. The summed E-state index contributed by atoms with van der Waals surface area (Å²) in [6.45, 7) is 1.29. The highest BCUT2D eigenvalue weighted by molar-refractivity contribution is 9.10. The highest BCUT2D eigenvalue weighted by Crippen LogP contribution is 2.27. The second-order valence-electron chi connectivity index (χ2n) is 4.60. The normalized spacial score (nSPS) is 13.4. The number of carbonyl (C=O) groups is 1. The molecule has 3 rings (SSSR count). The SMILES string of the molecule is O=C(c1ccc(O)c(Br)c1)N1Cc2ccccc2C1. The summed E-state index contributed by atoms with van der Waals surface area (Å²) in [5, 5.41) is 9.46. The minimum atomic E-state index is -0.0168. The number of hydrogen-bond donors (Lipinski definition) is 1. The summed E-state index contributed by atoms with van der Waals surface area (Å²) in [4.78, 5) is 14.2. The molecule has 2 aromatic rings. The van der Waals surface area contributed by atoms with Gasteiger partial charge in [0.2, 0.25) is 0 Å². The first-order valence-electron chi connectivity index (χ1n) is 6.00. The lowest BCUT2D eigenvalue weighted by atomic mass is 10.1. The zero-order chi connectivity index (χ0) is 13.4. The molecule has 0 aromatic heterocycles. The predicted molar refractivity (Wildman–Crippen MR) is 75.8 cm³/mol. The lowest BCUT2D eigenvalue weighted by molar-refractivity contribution is 0.0751. The monoisotopic (exact) mass is 317 g/mol. The molecule has 19 heavy (non-hydrogen) atoms. The summed E-state index contributed by atoms with van der Waals surface area (Å²) in [6.07, 6.45) is 0. The quantitative estimate of drug-likeness (QED) is 0.876. The number of hydrogen-bond acceptors (Lipinski definition) is 2. The smallest absolute Gasteiger partial charge is 0.254 e. The molecule has 1 aliphatic heterocycles. The molecule has 0 unspecified atom stereocenters. The van der Waals surface area contributed by atoms with E-state index >= 15 is 0 Å². The van der Waals surface area contributed by atoms with E-state index in [4.69, 9.17) is 0 Å². The molecule has 0 saturated heterocycles. The van der Waals surface area contributed by atoms with Crippen molar-refractivity contribution in [2.24, 2.45) is 0 Å². The Kier molecular flexibility index (Phi) is 3.03. The van der Waals surface area contributed by atoms with E-state index in [0.29, 0.717) is 23.1 Å². The Morgan fingerprint density at radius 1 is 1.11 bits per heavy atom. The van der Waals surface area contributed by atoms with Crippen LogP contribution in [-0.4, -0.2) is 15.9 Å². The molecule has 0 saturated carbocycles. The zero-order valence-corrected chi connectivity index (χ0v) is 11.7. The van der Waals surface area contributed by atoms with Crippen molar-refractivity contribution < 1.29 is 9.90 Å². The standard InChI is InChI=1S/C15H12BrNO2/c16-13-7-10(5-6-14(13)18)15(19)17-8-11-3-1-2-4-12(11)9-17/h1-7,18H,8-9H2. The Balaban J connectivity index is 1.85. The van der Waals surface area contributed by atoms with Gasteiger partial charge in [-0.3, -0.25) is 4.79 Å². The Bertz CT molecular complexity index is 629. The summed E-state index contributed by atoms with van der Waals surface area (Å²) in [7, 11) is 0. The van der Waals surface area contributed by atoms with E-state index in [9.17, 15) is 9.90 Å². The van der Waals surface area contributed by atoms with Crippen LogP contribution in [0.1, 0.15) is 21.5 Å². The number of carbonyl (C=O) groups excluding carboxylic acids is 1. The van der Waals surface area contributed by atoms with Crippen LogP contribution in [0.5, 0.6) is 5.75 Å². The molecule has 2 aromatic carbocycles.